The number of nitro benzene ring substituents is 1. The number of benzene rings is 2. The van der Waals surface area contributed by atoms with Crippen LogP contribution in [0.4, 0.5) is 11.4 Å². The highest BCUT2D eigenvalue weighted by Crippen LogP contribution is 2.27. The van der Waals surface area contributed by atoms with Gasteiger partial charge in [0.1, 0.15) is 0 Å². The Morgan fingerprint density at radius 3 is 2.46 bits per heavy atom. The molecule has 10 heteroatoms. The lowest BCUT2D eigenvalue weighted by Gasteiger charge is -2.13. The molecule has 1 amide bonds. The van der Waals surface area contributed by atoms with Crippen molar-refractivity contribution in [3.05, 3.63) is 58.1 Å². The van der Waals surface area contributed by atoms with Gasteiger partial charge < -0.3 is 14.8 Å². The lowest BCUT2D eigenvalue weighted by atomic mass is 10.2. The number of nitrogens with zero attached hydrogens (tertiary/aromatic N) is 1. The van der Waals surface area contributed by atoms with Gasteiger partial charge in [-0.15, -0.1) is 0 Å². The van der Waals surface area contributed by atoms with E-state index in [1.807, 2.05) is 0 Å². The molecule has 2 aromatic carbocycles. The van der Waals surface area contributed by atoms with Crippen LogP contribution in [0.25, 0.3) is 0 Å². The van der Waals surface area contributed by atoms with E-state index in [0.717, 1.165) is 0 Å². The molecule has 3 N–H and O–H groups in total. The SMILES string of the molecule is COc1ccc(C(=O)NNC(=S)Nc2cccc([N+](=O)[O-])c2)cc1OC. The summed E-state index contributed by atoms with van der Waals surface area (Å²) in [7, 11) is 2.97. The molecule has 0 aromatic heterocycles. The number of hydrazine groups is 1. The first-order valence-corrected chi connectivity index (χ1v) is 7.69. The molecule has 0 heterocycles. The van der Waals surface area contributed by atoms with Crippen LogP contribution < -0.4 is 25.6 Å². The summed E-state index contributed by atoms with van der Waals surface area (Å²) < 4.78 is 10.3. The van der Waals surface area contributed by atoms with Crippen molar-refractivity contribution >= 4 is 34.6 Å². The number of carbonyl (C=O) groups excluding carboxylic acids is 1. The smallest absolute Gasteiger partial charge is 0.271 e. The number of methoxy groups -OCH3 is 2. The maximum Gasteiger partial charge on any atom is 0.271 e. The monoisotopic (exact) mass is 376 g/mol. The van der Waals surface area contributed by atoms with Gasteiger partial charge in [0.2, 0.25) is 0 Å². The molecule has 26 heavy (non-hydrogen) atoms. The van der Waals surface area contributed by atoms with E-state index in [9.17, 15) is 14.9 Å². The summed E-state index contributed by atoms with van der Waals surface area (Å²) >= 11 is 5.05. The molecular weight excluding hydrogens is 360 g/mol. The third-order valence-electron chi connectivity index (χ3n) is 3.25. The summed E-state index contributed by atoms with van der Waals surface area (Å²) in [6.07, 6.45) is 0. The predicted molar refractivity (Wildman–Crippen MR) is 99.5 cm³/mol. The van der Waals surface area contributed by atoms with Crippen LogP contribution in [-0.4, -0.2) is 30.2 Å². The zero-order valence-electron chi connectivity index (χ0n) is 13.9. The molecular formula is C16H16N4O5S. The summed E-state index contributed by atoms with van der Waals surface area (Å²) in [6.45, 7) is 0. The van der Waals surface area contributed by atoms with Crippen molar-refractivity contribution in [2.45, 2.75) is 0 Å². The number of ether oxygens (including phenoxy) is 2. The van der Waals surface area contributed by atoms with E-state index in [1.54, 1.807) is 18.2 Å². The maximum absolute atomic E-state index is 12.2. The molecule has 0 aliphatic carbocycles. The number of amides is 1. The number of non-ortho nitro benzene ring substituents is 1. The van der Waals surface area contributed by atoms with Gasteiger partial charge in [0.05, 0.1) is 19.1 Å². The van der Waals surface area contributed by atoms with Crippen molar-refractivity contribution in [3.8, 4) is 11.5 Å². The van der Waals surface area contributed by atoms with Gasteiger partial charge in [-0.3, -0.25) is 25.8 Å². The van der Waals surface area contributed by atoms with Gasteiger partial charge >= 0.3 is 0 Å². The van der Waals surface area contributed by atoms with E-state index < -0.39 is 10.8 Å². The first kappa shape index (κ1) is 18.9. The number of nitro groups is 1. The van der Waals surface area contributed by atoms with Gasteiger partial charge in [0.15, 0.2) is 16.6 Å². The normalized spacial score (nSPS) is 9.77. The summed E-state index contributed by atoms with van der Waals surface area (Å²) in [5, 5.41) is 13.6. The molecule has 9 nitrogen and oxygen atoms in total. The number of carbonyl (C=O) groups is 1. The minimum Gasteiger partial charge on any atom is -0.493 e. The van der Waals surface area contributed by atoms with E-state index >= 15 is 0 Å². The molecule has 136 valence electrons. The summed E-state index contributed by atoms with van der Waals surface area (Å²) in [4.78, 5) is 22.4. The number of anilines is 1. The van der Waals surface area contributed by atoms with Crippen LogP contribution >= 0.6 is 12.2 Å². The number of nitrogens with one attached hydrogen (secondary N) is 3. The van der Waals surface area contributed by atoms with Crippen molar-refractivity contribution in [3.63, 3.8) is 0 Å². The molecule has 0 aliphatic rings. The van der Waals surface area contributed by atoms with Crippen molar-refractivity contribution in [1.82, 2.24) is 10.9 Å². The van der Waals surface area contributed by atoms with Gasteiger partial charge in [-0.2, -0.15) is 0 Å². The van der Waals surface area contributed by atoms with Crippen LogP contribution in [0.5, 0.6) is 11.5 Å². The molecule has 2 rings (SSSR count). The van der Waals surface area contributed by atoms with Crippen molar-refractivity contribution < 1.29 is 19.2 Å². The standard InChI is InChI=1S/C16H16N4O5S/c1-24-13-7-6-10(8-14(13)25-2)15(21)18-19-16(26)17-11-4-3-5-12(9-11)20(22)23/h3-9H,1-2H3,(H,18,21)(H2,17,19,26). The molecule has 2 aromatic rings. The fourth-order valence-corrected chi connectivity index (χ4v) is 2.19. The lowest BCUT2D eigenvalue weighted by Crippen LogP contribution is -2.43. The molecule has 0 spiro atoms. The first-order valence-electron chi connectivity index (χ1n) is 7.28. The molecule has 0 unspecified atom stereocenters. The van der Waals surface area contributed by atoms with Crippen molar-refractivity contribution in [2.75, 3.05) is 19.5 Å². The Hall–Kier alpha value is -3.40. The molecule has 0 saturated heterocycles. The second kappa shape index (κ2) is 8.62. The molecule has 0 radical (unpaired) electrons. The minimum atomic E-state index is -0.513. The van der Waals surface area contributed by atoms with Crippen molar-refractivity contribution in [2.24, 2.45) is 0 Å². The second-order valence-electron chi connectivity index (χ2n) is 4.91. The Balaban J connectivity index is 1.95. The largest absolute Gasteiger partial charge is 0.493 e. The highest BCUT2D eigenvalue weighted by atomic mass is 32.1. The highest BCUT2D eigenvalue weighted by molar-refractivity contribution is 7.80. The van der Waals surface area contributed by atoms with Crippen LogP contribution in [0.3, 0.4) is 0 Å². The Morgan fingerprint density at radius 1 is 1.08 bits per heavy atom. The van der Waals surface area contributed by atoms with E-state index in [-0.39, 0.29) is 10.8 Å². The molecule has 0 bridgehead atoms. The average Bonchev–Trinajstić information content (AvgIpc) is 2.65. The van der Waals surface area contributed by atoms with E-state index in [1.165, 1.54) is 38.5 Å². The van der Waals surface area contributed by atoms with Gasteiger partial charge in [0, 0.05) is 23.4 Å². The predicted octanol–water partition coefficient (Wildman–Crippen LogP) is 2.24. The molecule has 0 fully saturated rings. The fraction of sp³-hybridized carbons (Fsp3) is 0.125. The molecule has 0 saturated carbocycles. The van der Waals surface area contributed by atoms with Gasteiger partial charge in [0.25, 0.3) is 11.6 Å². The Labute approximate surface area is 154 Å². The third kappa shape index (κ3) is 4.80. The van der Waals surface area contributed by atoms with E-state index in [4.69, 9.17) is 21.7 Å². The fourth-order valence-electron chi connectivity index (χ4n) is 2.02. The quantitative estimate of drug-likeness (QED) is 0.413. The Morgan fingerprint density at radius 2 is 1.81 bits per heavy atom. The second-order valence-corrected chi connectivity index (χ2v) is 5.32. The summed E-state index contributed by atoms with van der Waals surface area (Å²) in [5.41, 5.74) is 5.61. The average molecular weight is 376 g/mol. The van der Waals surface area contributed by atoms with Crippen LogP contribution in [0, 0.1) is 10.1 Å². The number of rotatable bonds is 5. The number of hydrogen-bond acceptors (Lipinski definition) is 6. The van der Waals surface area contributed by atoms with Crippen molar-refractivity contribution in [1.29, 1.82) is 0 Å². The number of hydrogen-bond donors (Lipinski definition) is 3. The lowest BCUT2D eigenvalue weighted by molar-refractivity contribution is -0.384. The third-order valence-corrected chi connectivity index (χ3v) is 3.45. The number of thiocarbonyl (C=S) groups is 1. The highest BCUT2D eigenvalue weighted by Gasteiger charge is 2.11. The minimum absolute atomic E-state index is 0.0688. The molecule has 0 atom stereocenters. The van der Waals surface area contributed by atoms with Gasteiger partial charge in [-0.05, 0) is 36.5 Å². The van der Waals surface area contributed by atoms with Gasteiger partial charge in [-0.25, -0.2) is 0 Å². The first-order chi connectivity index (χ1) is 12.4. The summed E-state index contributed by atoms with van der Waals surface area (Å²) in [6, 6.07) is 10.5. The Bertz CT molecular complexity index is 843. The van der Waals surface area contributed by atoms with E-state index in [0.29, 0.717) is 22.7 Å². The Kier molecular flexibility index (Phi) is 6.28. The summed E-state index contributed by atoms with van der Waals surface area (Å²) in [5.74, 6) is 0.464. The topological polar surface area (TPSA) is 115 Å². The zero-order chi connectivity index (χ0) is 19.1. The van der Waals surface area contributed by atoms with Gasteiger partial charge in [-0.1, -0.05) is 6.07 Å². The zero-order valence-corrected chi connectivity index (χ0v) is 14.8. The van der Waals surface area contributed by atoms with Crippen LogP contribution in [0.2, 0.25) is 0 Å². The van der Waals surface area contributed by atoms with Crippen LogP contribution in [-0.2, 0) is 0 Å². The van der Waals surface area contributed by atoms with E-state index in [2.05, 4.69) is 16.2 Å². The molecule has 0 aliphatic heterocycles. The maximum atomic E-state index is 12.2. The van der Waals surface area contributed by atoms with Crippen LogP contribution in [0.1, 0.15) is 10.4 Å². The van der Waals surface area contributed by atoms with Crippen LogP contribution in [0.15, 0.2) is 42.5 Å².